The lowest BCUT2D eigenvalue weighted by molar-refractivity contribution is 0.519. The van der Waals surface area contributed by atoms with Crippen molar-refractivity contribution in [1.29, 1.82) is 0 Å². The maximum absolute atomic E-state index is 13.7. The lowest BCUT2D eigenvalue weighted by Gasteiger charge is -2.18. The first-order chi connectivity index (χ1) is 13.1. The number of nitrogens with one attached hydrogen (secondary N) is 1. The molecule has 27 heavy (non-hydrogen) atoms. The fraction of sp³-hybridized carbons (Fsp3) is 0.227. The van der Waals surface area contributed by atoms with Gasteiger partial charge in [-0.05, 0) is 71.1 Å². The minimum atomic E-state index is -0.204. The highest BCUT2D eigenvalue weighted by atomic mass is 32.1. The molecule has 1 atom stereocenters. The molecular weight excluding hydrogens is 357 g/mol. The Morgan fingerprint density at radius 3 is 2.85 bits per heavy atom. The number of aryl methyl sites for hydroxylation is 2. The molecule has 0 saturated carbocycles. The Bertz CT molecular complexity index is 1040. The van der Waals surface area contributed by atoms with Crippen LogP contribution >= 0.6 is 11.3 Å². The van der Waals surface area contributed by atoms with Gasteiger partial charge in [0, 0.05) is 36.9 Å². The van der Waals surface area contributed by atoms with Gasteiger partial charge in [0.2, 0.25) is 0 Å². The normalized spacial score (nSPS) is 12.6. The molecule has 0 aliphatic carbocycles. The van der Waals surface area contributed by atoms with Gasteiger partial charge in [-0.15, -0.1) is 0 Å². The molecule has 1 unspecified atom stereocenters. The summed E-state index contributed by atoms with van der Waals surface area (Å²) in [5.41, 5.74) is 5.60. The molecule has 0 saturated heterocycles. The van der Waals surface area contributed by atoms with Crippen molar-refractivity contribution in [3.05, 3.63) is 87.8 Å². The van der Waals surface area contributed by atoms with Crippen molar-refractivity contribution in [3.8, 4) is 0 Å². The minimum Gasteiger partial charge on any atom is -0.350 e. The number of rotatable bonds is 6. The van der Waals surface area contributed by atoms with E-state index in [-0.39, 0.29) is 11.9 Å². The van der Waals surface area contributed by atoms with E-state index in [1.54, 1.807) is 17.4 Å². The van der Waals surface area contributed by atoms with Crippen LogP contribution in [0.25, 0.3) is 10.9 Å². The number of aromatic nitrogens is 2. The molecule has 5 heteroatoms. The Morgan fingerprint density at radius 2 is 2.11 bits per heavy atom. The maximum atomic E-state index is 13.7. The van der Waals surface area contributed by atoms with E-state index in [4.69, 9.17) is 0 Å². The first kappa shape index (κ1) is 17.9. The van der Waals surface area contributed by atoms with Gasteiger partial charge in [-0.25, -0.2) is 4.39 Å². The third kappa shape index (κ3) is 3.94. The van der Waals surface area contributed by atoms with Gasteiger partial charge in [-0.3, -0.25) is 4.98 Å². The summed E-state index contributed by atoms with van der Waals surface area (Å²) in [5.74, 6) is -0.204. The number of nitrogens with zero attached hydrogens (tertiary/aromatic N) is 2. The fourth-order valence-electron chi connectivity index (χ4n) is 3.43. The summed E-state index contributed by atoms with van der Waals surface area (Å²) in [4.78, 5) is 4.63. The number of pyridine rings is 1. The van der Waals surface area contributed by atoms with Crippen LogP contribution in [-0.4, -0.2) is 9.55 Å². The third-order valence-electron chi connectivity index (χ3n) is 4.88. The molecule has 3 nitrogen and oxygen atoms in total. The number of benzene rings is 1. The molecule has 0 spiro atoms. The van der Waals surface area contributed by atoms with Crippen LogP contribution in [0.5, 0.6) is 0 Å². The van der Waals surface area contributed by atoms with Crippen molar-refractivity contribution in [2.24, 2.45) is 7.05 Å². The molecule has 4 aromatic rings. The van der Waals surface area contributed by atoms with Crippen molar-refractivity contribution >= 4 is 22.2 Å². The minimum absolute atomic E-state index is 0.101. The van der Waals surface area contributed by atoms with Crippen LogP contribution in [0.1, 0.15) is 28.4 Å². The molecule has 3 heterocycles. The third-order valence-corrected chi connectivity index (χ3v) is 5.62. The lowest BCUT2D eigenvalue weighted by Crippen LogP contribution is -2.23. The van der Waals surface area contributed by atoms with Crippen LogP contribution in [0.15, 0.2) is 59.6 Å². The Labute approximate surface area is 162 Å². The molecule has 0 radical (unpaired) electrons. The van der Waals surface area contributed by atoms with Crippen molar-refractivity contribution in [2.75, 3.05) is 0 Å². The van der Waals surface area contributed by atoms with E-state index in [1.807, 2.05) is 30.8 Å². The summed E-state index contributed by atoms with van der Waals surface area (Å²) in [6.07, 6.45) is 4.85. The zero-order chi connectivity index (χ0) is 18.8. The van der Waals surface area contributed by atoms with E-state index in [0.29, 0.717) is 6.54 Å². The highest BCUT2D eigenvalue weighted by molar-refractivity contribution is 7.07. The predicted molar refractivity (Wildman–Crippen MR) is 109 cm³/mol. The molecule has 0 bridgehead atoms. The second-order valence-corrected chi connectivity index (χ2v) is 7.74. The Kier molecular flexibility index (Phi) is 5.05. The second kappa shape index (κ2) is 7.62. The van der Waals surface area contributed by atoms with Gasteiger partial charge in [0.25, 0.3) is 0 Å². The number of hydrogen-bond acceptors (Lipinski definition) is 3. The van der Waals surface area contributed by atoms with E-state index < -0.39 is 0 Å². The standard InChI is InChI=1S/C22H22FN3S/c1-15-3-5-20(24-11-15)21(9-16-7-8-27-14-16)25-12-17-13-26(2)22-6-4-18(23)10-19(17)22/h3-8,10-11,13-14,21,25H,9,12H2,1-2H3. The summed E-state index contributed by atoms with van der Waals surface area (Å²) in [5, 5.41) is 8.87. The number of halogens is 1. The molecule has 0 aliphatic heterocycles. The zero-order valence-corrected chi connectivity index (χ0v) is 16.3. The molecule has 0 aliphatic rings. The summed E-state index contributed by atoms with van der Waals surface area (Å²) >= 11 is 1.71. The van der Waals surface area contributed by atoms with Gasteiger partial charge < -0.3 is 9.88 Å². The molecule has 4 rings (SSSR count). The monoisotopic (exact) mass is 379 g/mol. The first-order valence-corrected chi connectivity index (χ1v) is 9.95. The molecule has 1 aromatic carbocycles. The van der Waals surface area contributed by atoms with Gasteiger partial charge in [-0.1, -0.05) is 6.07 Å². The molecule has 3 aromatic heterocycles. The smallest absolute Gasteiger partial charge is 0.123 e. The number of fused-ring (bicyclic) bond motifs is 1. The maximum Gasteiger partial charge on any atom is 0.123 e. The Hall–Kier alpha value is -2.50. The molecule has 1 N–H and O–H groups in total. The average molecular weight is 380 g/mol. The average Bonchev–Trinajstić information content (AvgIpc) is 3.27. The molecule has 0 fully saturated rings. The van der Waals surface area contributed by atoms with Crippen LogP contribution in [0.2, 0.25) is 0 Å². The topological polar surface area (TPSA) is 29.9 Å². The number of thiophene rings is 1. The van der Waals surface area contributed by atoms with E-state index in [9.17, 15) is 4.39 Å². The SMILES string of the molecule is Cc1ccc(C(Cc2ccsc2)NCc2cn(C)c3ccc(F)cc23)nc1. The highest BCUT2D eigenvalue weighted by Crippen LogP contribution is 2.24. The summed E-state index contributed by atoms with van der Waals surface area (Å²) in [6, 6.07) is 11.4. The fourth-order valence-corrected chi connectivity index (χ4v) is 4.11. The lowest BCUT2D eigenvalue weighted by atomic mass is 10.0. The Balaban J connectivity index is 1.60. The Morgan fingerprint density at radius 1 is 1.22 bits per heavy atom. The van der Waals surface area contributed by atoms with Crippen molar-refractivity contribution in [1.82, 2.24) is 14.9 Å². The van der Waals surface area contributed by atoms with Crippen LogP contribution in [0.4, 0.5) is 4.39 Å². The van der Waals surface area contributed by atoms with Gasteiger partial charge in [0.15, 0.2) is 0 Å². The van der Waals surface area contributed by atoms with Crippen molar-refractivity contribution in [2.45, 2.75) is 25.9 Å². The van der Waals surface area contributed by atoms with Crippen LogP contribution in [0, 0.1) is 12.7 Å². The molecule has 0 amide bonds. The summed E-state index contributed by atoms with van der Waals surface area (Å²) < 4.78 is 15.8. The van der Waals surface area contributed by atoms with Crippen LogP contribution in [0.3, 0.4) is 0 Å². The van der Waals surface area contributed by atoms with E-state index in [2.05, 4.69) is 45.5 Å². The quantitative estimate of drug-likeness (QED) is 0.502. The van der Waals surface area contributed by atoms with E-state index >= 15 is 0 Å². The number of hydrogen-bond donors (Lipinski definition) is 1. The van der Waals surface area contributed by atoms with Gasteiger partial charge >= 0.3 is 0 Å². The van der Waals surface area contributed by atoms with Crippen molar-refractivity contribution in [3.63, 3.8) is 0 Å². The summed E-state index contributed by atoms with van der Waals surface area (Å²) in [7, 11) is 1.99. The molecular formula is C22H22FN3S. The van der Waals surface area contributed by atoms with E-state index in [1.165, 1.54) is 11.6 Å². The highest BCUT2D eigenvalue weighted by Gasteiger charge is 2.15. The van der Waals surface area contributed by atoms with Gasteiger partial charge in [-0.2, -0.15) is 11.3 Å². The largest absolute Gasteiger partial charge is 0.350 e. The van der Waals surface area contributed by atoms with Gasteiger partial charge in [0.05, 0.1) is 11.7 Å². The van der Waals surface area contributed by atoms with Crippen LogP contribution < -0.4 is 5.32 Å². The van der Waals surface area contributed by atoms with Crippen molar-refractivity contribution < 1.29 is 4.39 Å². The first-order valence-electron chi connectivity index (χ1n) is 9.00. The molecule has 138 valence electrons. The predicted octanol–water partition coefficient (Wildman–Crippen LogP) is 5.16. The van der Waals surface area contributed by atoms with E-state index in [0.717, 1.165) is 34.1 Å². The van der Waals surface area contributed by atoms with Gasteiger partial charge in [0.1, 0.15) is 5.82 Å². The second-order valence-electron chi connectivity index (χ2n) is 6.96. The van der Waals surface area contributed by atoms with Crippen LogP contribution in [-0.2, 0) is 20.0 Å². The zero-order valence-electron chi connectivity index (χ0n) is 15.4. The summed E-state index contributed by atoms with van der Waals surface area (Å²) in [6.45, 7) is 2.70.